The number of nitrogens with zero attached hydrogens (tertiary/aromatic N) is 3. The second kappa shape index (κ2) is 13.4. The normalized spacial score (nSPS) is 16.4. The summed E-state index contributed by atoms with van der Waals surface area (Å²) < 4.78 is 10.3. The summed E-state index contributed by atoms with van der Waals surface area (Å²) in [5, 5.41) is 10.2. The van der Waals surface area contributed by atoms with Crippen LogP contribution in [0, 0.1) is 0 Å². The number of aryl methyl sites for hydroxylation is 1. The quantitative estimate of drug-likeness (QED) is 0.138. The molecule has 9 heteroatoms. The summed E-state index contributed by atoms with van der Waals surface area (Å²) in [5.74, 6) is 0.149. The smallest absolute Gasteiger partial charge is 0.444 e. The van der Waals surface area contributed by atoms with Crippen molar-refractivity contribution in [3.05, 3.63) is 72.1 Å². The van der Waals surface area contributed by atoms with Crippen LogP contribution in [0.2, 0.25) is 0 Å². The fourth-order valence-electron chi connectivity index (χ4n) is 4.33. The van der Waals surface area contributed by atoms with E-state index < -0.39 is 28.2 Å². The lowest BCUT2D eigenvalue weighted by molar-refractivity contribution is 0.0302. The molecule has 214 valence electrons. The van der Waals surface area contributed by atoms with Gasteiger partial charge in [0.2, 0.25) is 5.84 Å². The third-order valence-electron chi connectivity index (χ3n) is 6.56. The Kier molecular flexibility index (Phi) is 10.2. The minimum absolute atomic E-state index is 0.209. The number of amidine groups is 1. The van der Waals surface area contributed by atoms with Crippen molar-refractivity contribution in [2.45, 2.75) is 71.8 Å². The lowest BCUT2D eigenvalue weighted by Gasteiger charge is -2.28. The van der Waals surface area contributed by atoms with Crippen LogP contribution >= 0.6 is 0 Å². The summed E-state index contributed by atoms with van der Waals surface area (Å²) in [4.78, 5) is 43.2. The molecule has 1 unspecified atom stereocenters. The van der Waals surface area contributed by atoms with Crippen LogP contribution in [0.1, 0.15) is 75.7 Å². The maximum Gasteiger partial charge on any atom is 0.529 e. The number of unbranched alkanes of at least 4 members (excludes halogenated alkanes) is 3. The molecule has 0 saturated heterocycles. The zero-order valence-corrected chi connectivity index (χ0v) is 24.1. The number of hydrogen-bond donors (Lipinski definition) is 1. The Morgan fingerprint density at radius 2 is 1.62 bits per heavy atom. The van der Waals surface area contributed by atoms with Crippen LogP contribution in [0.15, 0.2) is 65.9 Å². The van der Waals surface area contributed by atoms with E-state index >= 15 is 0 Å². The summed E-state index contributed by atoms with van der Waals surface area (Å²) in [6.07, 6.45) is 7.21. The molecular weight excluding hydrogens is 510 g/mol. The van der Waals surface area contributed by atoms with Gasteiger partial charge in [-0.05, 0) is 63.4 Å². The Bertz CT molecular complexity index is 1250. The Morgan fingerprint density at radius 3 is 2.23 bits per heavy atom. The van der Waals surface area contributed by atoms with E-state index in [0.29, 0.717) is 22.8 Å². The van der Waals surface area contributed by atoms with Gasteiger partial charge in [0.05, 0.1) is 18.2 Å². The second-order valence-electron chi connectivity index (χ2n) is 10.9. The van der Waals surface area contributed by atoms with Crippen molar-refractivity contribution in [2.75, 3.05) is 13.6 Å². The molecule has 40 heavy (non-hydrogen) atoms. The Balaban J connectivity index is 1.65. The van der Waals surface area contributed by atoms with Crippen LogP contribution in [0.5, 0.6) is 5.75 Å². The standard InChI is InChI=1S/C31H39N3O6/c1-6-7-8-9-10-23-11-13-24(14-12-23)28(35)39-26-17-15-25(16-18-26)34(30(37)38)22-20-32-27(34)19-21-33(5)29(36)40-31(2,3)4/h11-18,20,22H,6-10,19,21H2,1-5H3/p+1. The molecule has 0 radical (unpaired) electrons. The number of carbonyl (C=O) groups excluding carboxylic acids is 2. The first-order valence-electron chi connectivity index (χ1n) is 13.7. The molecular formula is C31H40N3O6+. The molecule has 1 atom stereocenters. The van der Waals surface area contributed by atoms with Crippen LogP contribution in [0.4, 0.5) is 15.3 Å². The predicted octanol–water partition coefficient (Wildman–Crippen LogP) is 7.15. The zero-order chi connectivity index (χ0) is 29.3. The number of benzene rings is 2. The third-order valence-corrected chi connectivity index (χ3v) is 6.56. The monoisotopic (exact) mass is 550 g/mol. The van der Waals surface area contributed by atoms with Gasteiger partial charge in [0.25, 0.3) is 0 Å². The van der Waals surface area contributed by atoms with Crippen molar-refractivity contribution >= 4 is 29.7 Å². The number of carbonyl (C=O) groups is 3. The van der Waals surface area contributed by atoms with Crippen molar-refractivity contribution in [3.8, 4) is 5.75 Å². The predicted molar refractivity (Wildman–Crippen MR) is 156 cm³/mol. The molecule has 9 nitrogen and oxygen atoms in total. The number of amides is 2. The van der Waals surface area contributed by atoms with Crippen molar-refractivity contribution in [3.63, 3.8) is 0 Å². The highest BCUT2D eigenvalue weighted by atomic mass is 16.6. The van der Waals surface area contributed by atoms with Gasteiger partial charge in [-0.3, -0.25) is 0 Å². The maximum atomic E-state index is 12.7. The zero-order valence-electron chi connectivity index (χ0n) is 24.1. The van der Waals surface area contributed by atoms with E-state index in [-0.39, 0.29) is 13.0 Å². The van der Waals surface area contributed by atoms with E-state index in [1.165, 1.54) is 42.1 Å². The van der Waals surface area contributed by atoms with Crippen molar-refractivity contribution < 1.29 is 29.0 Å². The summed E-state index contributed by atoms with van der Waals surface area (Å²) in [6.45, 7) is 7.75. The maximum absolute atomic E-state index is 12.7. The van der Waals surface area contributed by atoms with Crippen molar-refractivity contribution in [1.82, 2.24) is 9.38 Å². The summed E-state index contributed by atoms with van der Waals surface area (Å²) in [6, 6.07) is 13.8. The topological polar surface area (TPSA) is 106 Å². The van der Waals surface area contributed by atoms with Crippen LogP contribution < -0.4 is 9.22 Å². The minimum atomic E-state index is -1.15. The van der Waals surface area contributed by atoms with Gasteiger partial charge in [-0.15, -0.1) is 4.48 Å². The van der Waals surface area contributed by atoms with Gasteiger partial charge in [0.15, 0.2) is 5.69 Å². The molecule has 0 bridgehead atoms. The number of rotatable bonds is 11. The average molecular weight is 551 g/mol. The first kappa shape index (κ1) is 30.6. The number of carboxylic acid groups (broad SMARTS) is 1. The number of hydrogen-bond acceptors (Lipinski definition) is 6. The van der Waals surface area contributed by atoms with Gasteiger partial charge in [-0.2, -0.15) is 4.79 Å². The highest BCUT2D eigenvalue weighted by Crippen LogP contribution is 2.32. The van der Waals surface area contributed by atoms with Crippen LogP contribution in [-0.2, 0) is 11.2 Å². The van der Waals surface area contributed by atoms with E-state index in [9.17, 15) is 19.5 Å². The molecule has 0 aliphatic carbocycles. The number of aliphatic imine (C=N–C) groups is 1. The highest BCUT2D eigenvalue weighted by Gasteiger charge is 2.46. The molecule has 1 aliphatic rings. The first-order valence-corrected chi connectivity index (χ1v) is 13.7. The number of ether oxygens (including phenoxy) is 2. The molecule has 3 rings (SSSR count). The second-order valence-corrected chi connectivity index (χ2v) is 10.9. The number of quaternary nitrogens is 1. The molecule has 1 N–H and O–H groups in total. The summed E-state index contributed by atoms with van der Waals surface area (Å²) >= 11 is 0. The lowest BCUT2D eigenvalue weighted by atomic mass is 10.0. The average Bonchev–Trinajstić information content (AvgIpc) is 3.34. The number of esters is 1. The van der Waals surface area contributed by atoms with Gasteiger partial charge >= 0.3 is 18.2 Å². The van der Waals surface area contributed by atoms with Gasteiger partial charge in [-0.25, -0.2) is 14.6 Å². The highest BCUT2D eigenvalue weighted by molar-refractivity contribution is 6.11. The fourth-order valence-corrected chi connectivity index (χ4v) is 4.33. The van der Waals surface area contributed by atoms with Crippen LogP contribution in [0.25, 0.3) is 0 Å². The van der Waals surface area contributed by atoms with Gasteiger partial charge in [0, 0.05) is 25.7 Å². The van der Waals surface area contributed by atoms with Gasteiger partial charge in [0.1, 0.15) is 17.6 Å². The SMILES string of the molecule is CCCCCCc1ccc(C(=O)Oc2ccc([N+]3(C(=O)O)C=CN=C3CCN(C)C(=O)OC(C)(C)C)cc2)cc1. The first-order chi connectivity index (χ1) is 19.0. The van der Waals surface area contributed by atoms with Crippen LogP contribution in [0.3, 0.4) is 0 Å². The summed E-state index contributed by atoms with van der Waals surface area (Å²) in [7, 11) is 1.59. The van der Waals surface area contributed by atoms with E-state index in [0.717, 1.165) is 12.8 Å². The molecule has 0 aromatic heterocycles. The minimum Gasteiger partial charge on any atom is -0.444 e. The van der Waals surface area contributed by atoms with E-state index in [4.69, 9.17) is 9.47 Å². The molecule has 2 aromatic rings. The molecule has 0 fully saturated rings. The largest absolute Gasteiger partial charge is 0.529 e. The Hall–Kier alpha value is -3.98. The molecule has 0 saturated carbocycles. The van der Waals surface area contributed by atoms with Crippen LogP contribution in [-0.4, -0.2) is 53.2 Å². The van der Waals surface area contributed by atoms with Crippen molar-refractivity contribution in [2.24, 2.45) is 4.99 Å². The van der Waals surface area contributed by atoms with Crippen molar-refractivity contribution in [1.29, 1.82) is 0 Å². The lowest BCUT2D eigenvalue weighted by Crippen LogP contribution is -2.52. The third kappa shape index (κ3) is 7.79. The Labute approximate surface area is 236 Å². The van der Waals surface area contributed by atoms with E-state index in [1.54, 1.807) is 64.2 Å². The molecule has 0 spiro atoms. The van der Waals surface area contributed by atoms with Gasteiger partial charge < -0.3 is 19.5 Å². The van der Waals surface area contributed by atoms with Gasteiger partial charge in [-0.1, -0.05) is 38.3 Å². The summed E-state index contributed by atoms with van der Waals surface area (Å²) in [5.41, 5.74) is 1.41. The van der Waals surface area contributed by atoms with E-state index in [1.807, 2.05) is 12.1 Å². The molecule has 1 heterocycles. The molecule has 2 aromatic carbocycles. The molecule has 1 aliphatic heterocycles. The Morgan fingerprint density at radius 1 is 0.950 bits per heavy atom. The fraction of sp³-hybridized carbons (Fsp3) is 0.419. The molecule has 2 amide bonds. The van der Waals surface area contributed by atoms with E-state index in [2.05, 4.69) is 11.9 Å².